The predicted octanol–water partition coefficient (Wildman–Crippen LogP) is 1.46. The van der Waals surface area contributed by atoms with Crippen LogP contribution in [-0.4, -0.2) is 30.0 Å². The zero-order valence-electron chi connectivity index (χ0n) is 8.49. The van der Waals surface area contributed by atoms with Gasteiger partial charge in [-0.25, -0.2) is 17.7 Å². The molecular formula is C8H6ClN3O4S. The van der Waals surface area contributed by atoms with Crippen molar-refractivity contribution in [1.29, 1.82) is 0 Å². The van der Waals surface area contributed by atoms with E-state index >= 15 is 0 Å². The number of rotatable bonds is 1. The molecule has 0 spiro atoms. The Kier molecular flexibility index (Phi) is 2.55. The van der Waals surface area contributed by atoms with Gasteiger partial charge in [-0.15, -0.1) is 0 Å². The smallest absolute Gasteiger partial charge is 0.258 e. The van der Waals surface area contributed by atoms with Crippen molar-refractivity contribution in [3.05, 3.63) is 28.3 Å². The minimum absolute atomic E-state index is 0.224. The predicted molar refractivity (Wildman–Crippen MR) is 61.0 cm³/mol. The largest absolute Gasteiger partial charge is 0.296 e. The number of hydrogen-bond acceptors (Lipinski definition) is 5. The summed E-state index contributed by atoms with van der Waals surface area (Å²) in [5, 5.41) is 10.4. The van der Waals surface area contributed by atoms with Gasteiger partial charge in [0, 0.05) is 13.1 Å². The van der Waals surface area contributed by atoms with Crippen molar-refractivity contribution in [1.82, 2.24) is 4.31 Å². The lowest BCUT2D eigenvalue weighted by Crippen LogP contribution is -2.32. The van der Waals surface area contributed by atoms with Crippen LogP contribution in [-0.2, 0) is 10.0 Å². The molecule has 0 atom stereocenters. The second-order valence-electron chi connectivity index (χ2n) is 3.23. The van der Waals surface area contributed by atoms with Gasteiger partial charge in [0.05, 0.1) is 4.92 Å². The van der Waals surface area contributed by atoms with Crippen molar-refractivity contribution < 1.29 is 13.3 Å². The van der Waals surface area contributed by atoms with Crippen LogP contribution in [0.2, 0.25) is 0 Å². The molecule has 1 heterocycles. The molecule has 0 aromatic heterocycles. The van der Waals surface area contributed by atoms with Crippen LogP contribution in [0.3, 0.4) is 0 Å². The van der Waals surface area contributed by atoms with E-state index in [1.165, 1.54) is 25.2 Å². The molecule has 0 N–H and O–H groups in total. The summed E-state index contributed by atoms with van der Waals surface area (Å²) >= 11 is 5.63. The summed E-state index contributed by atoms with van der Waals surface area (Å²) in [7, 11) is -2.63. The van der Waals surface area contributed by atoms with Gasteiger partial charge in [-0.2, -0.15) is 0 Å². The number of sulfonamides is 1. The normalized spacial score (nSPS) is 17.3. The van der Waals surface area contributed by atoms with Crippen LogP contribution < -0.4 is 0 Å². The van der Waals surface area contributed by atoms with Crippen LogP contribution in [0.5, 0.6) is 0 Å². The summed E-state index contributed by atoms with van der Waals surface area (Å²) in [6, 6.07) is 3.71. The van der Waals surface area contributed by atoms with Gasteiger partial charge in [0.1, 0.15) is 4.90 Å². The van der Waals surface area contributed by atoms with Crippen molar-refractivity contribution in [2.45, 2.75) is 4.90 Å². The third-order valence-corrected chi connectivity index (χ3v) is 4.49. The summed E-state index contributed by atoms with van der Waals surface area (Å²) < 4.78 is 24.6. The lowest BCUT2D eigenvalue weighted by Gasteiger charge is -2.22. The summed E-state index contributed by atoms with van der Waals surface area (Å²) in [4.78, 5) is 13.6. The molecule has 0 bridgehead atoms. The molecular weight excluding hydrogens is 270 g/mol. The average molecular weight is 276 g/mol. The second kappa shape index (κ2) is 3.67. The zero-order valence-corrected chi connectivity index (χ0v) is 10.1. The summed E-state index contributed by atoms with van der Waals surface area (Å²) in [6.45, 7) is 0. The van der Waals surface area contributed by atoms with E-state index in [9.17, 15) is 18.5 Å². The zero-order chi connectivity index (χ0) is 12.8. The maximum absolute atomic E-state index is 11.9. The van der Waals surface area contributed by atoms with E-state index in [0.29, 0.717) is 0 Å². The van der Waals surface area contributed by atoms with Crippen molar-refractivity contribution in [3.8, 4) is 0 Å². The number of benzene rings is 1. The van der Waals surface area contributed by atoms with Gasteiger partial charge in [0.15, 0.2) is 5.69 Å². The third-order valence-electron chi connectivity index (χ3n) is 2.28. The number of fused-ring (bicyclic) bond motifs is 1. The molecule has 0 amide bonds. The van der Waals surface area contributed by atoms with Crippen molar-refractivity contribution >= 4 is 38.3 Å². The van der Waals surface area contributed by atoms with Crippen LogP contribution in [0, 0.1) is 10.1 Å². The molecule has 1 aliphatic heterocycles. The van der Waals surface area contributed by atoms with Gasteiger partial charge in [-0.05, 0) is 17.7 Å². The Morgan fingerprint density at radius 2 is 2.12 bits per heavy atom. The highest BCUT2D eigenvalue weighted by Crippen LogP contribution is 2.39. The molecule has 0 saturated carbocycles. The Morgan fingerprint density at radius 3 is 2.71 bits per heavy atom. The number of nitro groups is 1. The molecule has 90 valence electrons. The fourth-order valence-corrected chi connectivity index (χ4v) is 2.92. The molecule has 7 nitrogen and oxygen atoms in total. The molecule has 9 heteroatoms. The van der Waals surface area contributed by atoms with Gasteiger partial charge in [0.25, 0.3) is 15.7 Å². The highest BCUT2D eigenvalue weighted by molar-refractivity contribution is 7.90. The second-order valence-corrected chi connectivity index (χ2v) is 5.51. The van der Waals surface area contributed by atoms with Crippen molar-refractivity contribution in [2.75, 3.05) is 7.05 Å². The number of halogens is 1. The van der Waals surface area contributed by atoms with Crippen molar-refractivity contribution in [3.63, 3.8) is 0 Å². The Balaban J connectivity index is 2.85. The van der Waals surface area contributed by atoms with E-state index in [0.717, 1.165) is 4.31 Å². The van der Waals surface area contributed by atoms with Crippen LogP contribution in [0.25, 0.3) is 0 Å². The molecule has 0 fully saturated rings. The fourth-order valence-electron chi connectivity index (χ4n) is 1.39. The minimum Gasteiger partial charge on any atom is -0.258 e. The first-order valence-electron chi connectivity index (χ1n) is 4.36. The quantitative estimate of drug-likeness (QED) is 0.440. The van der Waals surface area contributed by atoms with E-state index in [4.69, 9.17) is 11.6 Å². The SMILES string of the molecule is CN1C(Cl)=Nc2c([N+](=O)[O-])cccc2S1(=O)=O. The summed E-state index contributed by atoms with van der Waals surface area (Å²) in [5.41, 5.74) is -0.627. The number of aliphatic imine (C=N–C) groups is 1. The van der Waals surface area contributed by atoms with Gasteiger partial charge < -0.3 is 0 Å². The number of nitrogens with zero attached hydrogens (tertiary/aromatic N) is 3. The Bertz CT molecular complexity index is 640. The first-order chi connectivity index (χ1) is 7.85. The number of amidine groups is 1. The van der Waals surface area contributed by atoms with Gasteiger partial charge in [-0.3, -0.25) is 10.1 Å². The van der Waals surface area contributed by atoms with Gasteiger partial charge in [-0.1, -0.05) is 6.07 Å². The fraction of sp³-hybridized carbons (Fsp3) is 0.125. The maximum atomic E-state index is 11.9. The van der Waals surface area contributed by atoms with Gasteiger partial charge in [0.2, 0.25) is 5.29 Å². The minimum atomic E-state index is -3.86. The molecule has 0 aliphatic carbocycles. The number of para-hydroxylation sites is 1. The topological polar surface area (TPSA) is 92.9 Å². The summed E-state index contributed by atoms with van der Waals surface area (Å²) in [5.74, 6) is 0. The van der Waals surface area contributed by atoms with E-state index in [1.807, 2.05) is 0 Å². The standard InChI is InChI=1S/C8H6ClN3O4S/c1-11-8(9)10-7-5(12(13)14)3-2-4-6(7)17(11,15)16/h2-4H,1H3. The van der Waals surface area contributed by atoms with E-state index < -0.39 is 20.6 Å². The van der Waals surface area contributed by atoms with Crippen LogP contribution in [0.15, 0.2) is 28.1 Å². The van der Waals surface area contributed by atoms with Gasteiger partial charge >= 0.3 is 0 Å². The molecule has 0 saturated heterocycles. The average Bonchev–Trinajstić information content (AvgIpc) is 2.26. The first kappa shape index (κ1) is 11.8. The Labute approximate surface area is 102 Å². The highest BCUT2D eigenvalue weighted by atomic mass is 35.5. The monoisotopic (exact) mass is 275 g/mol. The molecule has 0 radical (unpaired) electrons. The molecule has 17 heavy (non-hydrogen) atoms. The van der Waals surface area contributed by atoms with E-state index in [2.05, 4.69) is 4.99 Å². The number of nitro benzene ring substituents is 1. The van der Waals surface area contributed by atoms with Crippen LogP contribution in [0.4, 0.5) is 11.4 Å². The molecule has 0 unspecified atom stereocenters. The number of hydrogen-bond donors (Lipinski definition) is 0. The third kappa shape index (κ3) is 1.65. The molecule has 2 rings (SSSR count). The maximum Gasteiger partial charge on any atom is 0.296 e. The molecule has 1 aliphatic rings. The van der Waals surface area contributed by atoms with Crippen LogP contribution >= 0.6 is 11.6 Å². The van der Waals surface area contributed by atoms with E-state index in [-0.39, 0.29) is 15.9 Å². The van der Waals surface area contributed by atoms with Crippen molar-refractivity contribution in [2.24, 2.45) is 4.99 Å². The highest BCUT2D eigenvalue weighted by Gasteiger charge is 2.34. The Morgan fingerprint density at radius 1 is 1.47 bits per heavy atom. The van der Waals surface area contributed by atoms with Crippen LogP contribution in [0.1, 0.15) is 0 Å². The lowest BCUT2D eigenvalue weighted by molar-refractivity contribution is -0.384. The Hall–Kier alpha value is -1.67. The lowest BCUT2D eigenvalue weighted by atomic mass is 10.3. The molecule has 1 aromatic carbocycles. The molecule has 1 aromatic rings. The van der Waals surface area contributed by atoms with E-state index in [1.54, 1.807) is 0 Å². The summed E-state index contributed by atoms with van der Waals surface area (Å²) in [6.07, 6.45) is 0. The first-order valence-corrected chi connectivity index (χ1v) is 6.18.